The molecule has 0 unspecified atom stereocenters. The number of hydrogen-bond donors (Lipinski definition) is 1. The van der Waals surface area contributed by atoms with Crippen LogP contribution in [0.25, 0.3) is 23.0 Å². The molecule has 4 rings (SSSR count). The van der Waals surface area contributed by atoms with Gasteiger partial charge in [-0.25, -0.2) is 4.98 Å². The van der Waals surface area contributed by atoms with E-state index in [0.29, 0.717) is 29.5 Å². The standard InChI is InChI=1S/C23H21BrClN5O2/c1-29(22(31)10-9-16-6-4-13-32-16)12-5-11-26-21-14-20(17-7-2-3-8-19(17)25)28-23-18(24)15-27-30(21)23/h2-4,6-10,13-15,26H,5,11-12H2,1H3/b10-9+. The van der Waals surface area contributed by atoms with Crippen LogP contribution in [-0.4, -0.2) is 45.5 Å². The Labute approximate surface area is 198 Å². The van der Waals surface area contributed by atoms with E-state index >= 15 is 0 Å². The summed E-state index contributed by atoms with van der Waals surface area (Å²) in [4.78, 5) is 18.6. The minimum Gasteiger partial charge on any atom is -0.465 e. The maximum Gasteiger partial charge on any atom is 0.246 e. The van der Waals surface area contributed by atoms with Crippen molar-refractivity contribution in [1.82, 2.24) is 19.5 Å². The van der Waals surface area contributed by atoms with Crippen molar-refractivity contribution in [1.29, 1.82) is 0 Å². The minimum atomic E-state index is -0.0790. The van der Waals surface area contributed by atoms with Gasteiger partial charge in [0, 0.05) is 42.9 Å². The molecule has 0 aliphatic heterocycles. The number of carbonyl (C=O) groups excluding carboxylic acids is 1. The van der Waals surface area contributed by atoms with E-state index in [4.69, 9.17) is 21.0 Å². The van der Waals surface area contributed by atoms with Gasteiger partial charge in [0.15, 0.2) is 5.65 Å². The summed E-state index contributed by atoms with van der Waals surface area (Å²) in [5.74, 6) is 1.36. The van der Waals surface area contributed by atoms with E-state index in [1.807, 2.05) is 30.3 Å². The van der Waals surface area contributed by atoms with Crippen LogP contribution in [0.5, 0.6) is 0 Å². The SMILES string of the molecule is CN(CCCNc1cc(-c2ccccc2Cl)nc2c(Br)cnn12)C(=O)/C=C/c1ccco1. The Bertz CT molecular complexity index is 1250. The molecule has 9 heteroatoms. The average Bonchev–Trinajstić information content (AvgIpc) is 3.45. The summed E-state index contributed by atoms with van der Waals surface area (Å²) in [6.45, 7) is 1.25. The molecule has 3 heterocycles. The van der Waals surface area contributed by atoms with E-state index < -0.39 is 0 Å². The fraction of sp³-hybridized carbons (Fsp3) is 0.174. The first-order chi connectivity index (χ1) is 15.5. The molecule has 0 saturated carbocycles. The third kappa shape index (κ3) is 5.03. The highest BCUT2D eigenvalue weighted by Crippen LogP contribution is 2.30. The summed E-state index contributed by atoms with van der Waals surface area (Å²) in [5.41, 5.74) is 2.30. The number of fused-ring (bicyclic) bond motifs is 1. The third-order valence-electron chi connectivity index (χ3n) is 4.86. The van der Waals surface area contributed by atoms with Crippen molar-refractivity contribution in [3.8, 4) is 11.3 Å². The number of amides is 1. The first-order valence-corrected chi connectivity index (χ1v) is 11.2. The molecule has 0 aliphatic rings. The quantitative estimate of drug-likeness (QED) is 0.252. The van der Waals surface area contributed by atoms with Gasteiger partial charge in [-0.1, -0.05) is 29.8 Å². The number of furan rings is 1. The van der Waals surface area contributed by atoms with Crippen molar-refractivity contribution in [3.63, 3.8) is 0 Å². The molecule has 164 valence electrons. The Hall–Kier alpha value is -3.10. The summed E-state index contributed by atoms with van der Waals surface area (Å²) in [6, 6.07) is 13.1. The Morgan fingerprint density at radius 2 is 2.16 bits per heavy atom. The predicted molar refractivity (Wildman–Crippen MR) is 130 cm³/mol. The van der Waals surface area contributed by atoms with E-state index in [9.17, 15) is 4.79 Å². The molecule has 0 radical (unpaired) electrons. The second kappa shape index (κ2) is 10.0. The highest BCUT2D eigenvalue weighted by atomic mass is 79.9. The van der Waals surface area contributed by atoms with Gasteiger partial charge < -0.3 is 14.6 Å². The lowest BCUT2D eigenvalue weighted by Gasteiger charge is -2.16. The van der Waals surface area contributed by atoms with Crippen LogP contribution in [0.3, 0.4) is 0 Å². The second-order valence-corrected chi connectivity index (χ2v) is 8.38. The maximum absolute atomic E-state index is 12.3. The number of rotatable bonds is 8. The van der Waals surface area contributed by atoms with Crippen LogP contribution in [-0.2, 0) is 4.79 Å². The molecule has 32 heavy (non-hydrogen) atoms. The van der Waals surface area contributed by atoms with Crippen LogP contribution in [0.4, 0.5) is 5.82 Å². The highest BCUT2D eigenvalue weighted by Gasteiger charge is 2.13. The van der Waals surface area contributed by atoms with Gasteiger partial charge in [-0.3, -0.25) is 4.79 Å². The molecular formula is C23H21BrClN5O2. The molecule has 0 atom stereocenters. The molecular weight excluding hydrogens is 494 g/mol. The lowest BCUT2D eigenvalue weighted by molar-refractivity contribution is -0.124. The zero-order valence-electron chi connectivity index (χ0n) is 17.3. The molecule has 0 aliphatic carbocycles. The fourth-order valence-corrected chi connectivity index (χ4v) is 3.76. The summed E-state index contributed by atoms with van der Waals surface area (Å²) in [5, 5.41) is 8.43. The summed E-state index contributed by atoms with van der Waals surface area (Å²) in [6.07, 6.45) is 7.21. The Morgan fingerprint density at radius 1 is 1.31 bits per heavy atom. The first kappa shape index (κ1) is 22.1. The predicted octanol–water partition coefficient (Wildman–Crippen LogP) is 5.38. The highest BCUT2D eigenvalue weighted by molar-refractivity contribution is 9.10. The lowest BCUT2D eigenvalue weighted by atomic mass is 10.1. The molecule has 3 aromatic heterocycles. The largest absolute Gasteiger partial charge is 0.465 e. The first-order valence-electron chi connectivity index (χ1n) is 10.0. The smallest absolute Gasteiger partial charge is 0.246 e. The number of aromatic nitrogens is 3. The number of nitrogens with zero attached hydrogens (tertiary/aromatic N) is 4. The molecule has 0 saturated heterocycles. The van der Waals surface area contributed by atoms with Crippen LogP contribution in [0.15, 0.2) is 69.9 Å². The summed E-state index contributed by atoms with van der Waals surface area (Å²) >= 11 is 9.89. The third-order valence-corrected chi connectivity index (χ3v) is 5.75. The topological polar surface area (TPSA) is 75.7 Å². The van der Waals surface area contributed by atoms with Crippen molar-refractivity contribution < 1.29 is 9.21 Å². The van der Waals surface area contributed by atoms with Gasteiger partial charge in [-0.05, 0) is 46.6 Å². The number of anilines is 1. The normalized spacial score (nSPS) is 11.3. The lowest BCUT2D eigenvalue weighted by Crippen LogP contribution is -2.27. The number of hydrogen-bond acceptors (Lipinski definition) is 5. The second-order valence-electron chi connectivity index (χ2n) is 7.12. The van der Waals surface area contributed by atoms with Crippen molar-refractivity contribution in [2.24, 2.45) is 0 Å². The van der Waals surface area contributed by atoms with Crippen molar-refractivity contribution in [2.45, 2.75) is 6.42 Å². The van der Waals surface area contributed by atoms with E-state index in [0.717, 1.165) is 28.0 Å². The zero-order chi connectivity index (χ0) is 22.5. The van der Waals surface area contributed by atoms with E-state index in [1.165, 1.54) is 6.08 Å². The number of benzene rings is 1. The van der Waals surface area contributed by atoms with Gasteiger partial charge in [0.1, 0.15) is 11.6 Å². The summed E-state index contributed by atoms with van der Waals surface area (Å²) < 4.78 is 7.74. The number of likely N-dealkylation sites (N-methyl/N-ethyl adjacent to an activating group) is 1. The molecule has 4 aromatic rings. The fourth-order valence-electron chi connectivity index (χ4n) is 3.18. The molecule has 1 N–H and O–H groups in total. The van der Waals surface area contributed by atoms with Crippen molar-refractivity contribution in [2.75, 3.05) is 25.5 Å². The Kier molecular flexibility index (Phi) is 6.92. The van der Waals surface area contributed by atoms with Gasteiger partial charge >= 0.3 is 0 Å². The van der Waals surface area contributed by atoms with Crippen LogP contribution in [0.1, 0.15) is 12.2 Å². The van der Waals surface area contributed by atoms with Crippen LogP contribution >= 0.6 is 27.5 Å². The van der Waals surface area contributed by atoms with Gasteiger partial charge in [0.2, 0.25) is 5.91 Å². The molecule has 7 nitrogen and oxygen atoms in total. The molecule has 0 fully saturated rings. The maximum atomic E-state index is 12.3. The monoisotopic (exact) mass is 513 g/mol. The van der Waals surface area contributed by atoms with Crippen molar-refractivity contribution in [3.05, 3.63) is 76.3 Å². The van der Waals surface area contributed by atoms with Crippen molar-refractivity contribution >= 4 is 51.0 Å². The number of nitrogens with one attached hydrogen (secondary N) is 1. The number of halogens is 2. The minimum absolute atomic E-state index is 0.0790. The summed E-state index contributed by atoms with van der Waals surface area (Å²) in [7, 11) is 1.78. The molecule has 1 aromatic carbocycles. The van der Waals surface area contributed by atoms with Crippen LogP contribution in [0, 0.1) is 0 Å². The van der Waals surface area contributed by atoms with Crippen LogP contribution in [0.2, 0.25) is 5.02 Å². The Morgan fingerprint density at radius 3 is 2.94 bits per heavy atom. The van der Waals surface area contributed by atoms with Gasteiger partial charge in [0.25, 0.3) is 0 Å². The van der Waals surface area contributed by atoms with E-state index in [2.05, 4.69) is 26.3 Å². The molecule has 0 spiro atoms. The number of carbonyl (C=O) groups is 1. The molecule has 1 amide bonds. The van der Waals surface area contributed by atoms with E-state index in [-0.39, 0.29) is 5.91 Å². The Balaban J connectivity index is 1.42. The average molecular weight is 515 g/mol. The van der Waals surface area contributed by atoms with Crippen LogP contribution < -0.4 is 5.32 Å². The van der Waals surface area contributed by atoms with Gasteiger partial charge in [0.05, 0.1) is 22.6 Å². The van der Waals surface area contributed by atoms with Gasteiger partial charge in [-0.2, -0.15) is 9.61 Å². The zero-order valence-corrected chi connectivity index (χ0v) is 19.7. The van der Waals surface area contributed by atoms with Gasteiger partial charge in [-0.15, -0.1) is 0 Å². The van der Waals surface area contributed by atoms with E-state index in [1.54, 1.807) is 47.1 Å². The molecule has 0 bridgehead atoms.